The Hall–Kier alpha value is -2.14. The number of rotatable bonds is 6. The first kappa shape index (κ1) is 16.9. The molecule has 5 heteroatoms. The number of anilines is 1. The van der Waals surface area contributed by atoms with Crippen molar-refractivity contribution in [2.24, 2.45) is 0 Å². The minimum atomic E-state index is -0.994. The van der Waals surface area contributed by atoms with Crippen molar-refractivity contribution in [2.45, 2.75) is 32.8 Å². The predicted octanol–water partition coefficient (Wildman–Crippen LogP) is 2.85. The van der Waals surface area contributed by atoms with E-state index in [1.807, 2.05) is 26.8 Å². The maximum Gasteiger partial charge on any atom is 0.328 e. The number of nitrogens with one attached hydrogen (secondary N) is 1. The molecule has 5 nitrogen and oxygen atoms in total. The molecular weight excluding hydrogens is 270 g/mol. The molecule has 0 aliphatic heterocycles. The number of carboxylic acids is 1. The lowest BCUT2D eigenvalue weighted by molar-refractivity contribution is -0.131. The summed E-state index contributed by atoms with van der Waals surface area (Å²) in [5.74, 6) is -1.12. The lowest BCUT2D eigenvalue weighted by Gasteiger charge is -2.22. The Kier molecular flexibility index (Phi) is 5.67. The van der Waals surface area contributed by atoms with E-state index in [4.69, 9.17) is 9.84 Å². The van der Waals surface area contributed by atoms with Gasteiger partial charge >= 0.3 is 5.97 Å². The van der Waals surface area contributed by atoms with Gasteiger partial charge in [-0.1, -0.05) is 6.07 Å². The molecule has 0 saturated carbocycles. The molecule has 21 heavy (non-hydrogen) atoms. The van der Waals surface area contributed by atoms with Gasteiger partial charge in [-0.25, -0.2) is 4.79 Å². The fourth-order valence-corrected chi connectivity index (χ4v) is 1.75. The maximum atomic E-state index is 12.0. The molecule has 1 amide bonds. The standard InChI is InChI=1S/C16H21NO4/c1-11-9-12(6-8-15(19)20)5-7-13(11)17-14(18)10-16(2,3)21-4/h5-9H,10H2,1-4H3,(H,17,18)(H,19,20)/b8-6+. The van der Waals surface area contributed by atoms with Crippen LogP contribution in [-0.2, 0) is 14.3 Å². The van der Waals surface area contributed by atoms with Gasteiger partial charge in [0.2, 0.25) is 5.91 Å². The molecule has 0 bridgehead atoms. The van der Waals surface area contributed by atoms with Crippen LogP contribution < -0.4 is 5.32 Å². The van der Waals surface area contributed by atoms with Crippen molar-refractivity contribution in [3.05, 3.63) is 35.4 Å². The van der Waals surface area contributed by atoms with Gasteiger partial charge in [0.25, 0.3) is 0 Å². The monoisotopic (exact) mass is 291 g/mol. The van der Waals surface area contributed by atoms with Crippen LogP contribution in [0.4, 0.5) is 5.69 Å². The van der Waals surface area contributed by atoms with Crippen molar-refractivity contribution in [2.75, 3.05) is 12.4 Å². The fraction of sp³-hybridized carbons (Fsp3) is 0.375. The molecule has 1 rings (SSSR count). The molecule has 114 valence electrons. The van der Waals surface area contributed by atoms with Gasteiger partial charge < -0.3 is 15.2 Å². The van der Waals surface area contributed by atoms with E-state index < -0.39 is 11.6 Å². The van der Waals surface area contributed by atoms with Crippen LogP contribution >= 0.6 is 0 Å². The number of hydrogen-bond acceptors (Lipinski definition) is 3. The second-order valence-electron chi connectivity index (χ2n) is 5.43. The lowest BCUT2D eigenvalue weighted by Crippen LogP contribution is -2.29. The van der Waals surface area contributed by atoms with Crippen LogP contribution in [0, 0.1) is 6.92 Å². The first-order chi connectivity index (χ1) is 9.73. The number of hydrogen-bond donors (Lipinski definition) is 2. The molecule has 0 fully saturated rings. The summed E-state index contributed by atoms with van der Waals surface area (Å²) in [5, 5.41) is 11.4. The highest BCUT2D eigenvalue weighted by atomic mass is 16.5. The second-order valence-corrected chi connectivity index (χ2v) is 5.43. The quantitative estimate of drug-likeness (QED) is 0.790. The number of benzene rings is 1. The first-order valence-electron chi connectivity index (χ1n) is 6.60. The molecule has 0 heterocycles. The van der Waals surface area contributed by atoms with Crippen LogP contribution in [0.3, 0.4) is 0 Å². The number of carboxylic acid groups (broad SMARTS) is 1. The maximum absolute atomic E-state index is 12.0. The molecule has 0 radical (unpaired) electrons. The highest BCUT2D eigenvalue weighted by molar-refractivity contribution is 5.92. The zero-order valence-electron chi connectivity index (χ0n) is 12.8. The van der Waals surface area contributed by atoms with Crippen molar-refractivity contribution in [3.8, 4) is 0 Å². The Morgan fingerprint density at radius 3 is 2.57 bits per heavy atom. The molecule has 0 unspecified atom stereocenters. The summed E-state index contributed by atoms with van der Waals surface area (Å²) in [4.78, 5) is 22.4. The van der Waals surface area contributed by atoms with Crippen LogP contribution in [-0.4, -0.2) is 29.7 Å². The normalized spacial score (nSPS) is 11.6. The summed E-state index contributed by atoms with van der Waals surface area (Å²) in [6, 6.07) is 5.33. The fourth-order valence-electron chi connectivity index (χ4n) is 1.75. The van der Waals surface area contributed by atoms with E-state index in [2.05, 4.69) is 5.32 Å². The molecule has 0 atom stereocenters. The van der Waals surface area contributed by atoms with Crippen LogP contribution in [0.1, 0.15) is 31.4 Å². The molecule has 1 aromatic carbocycles. The first-order valence-corrected chi connectivity index (χ1v) is 6.60. The molecule has 0 saturated heterocycles. The van der Waals surface area contributed by atoms with Gasteiger partial charge in [0, 0.05) is 18.9 Å². The Morgan fingerprint density at radius 2 is 2.05 bits per heavy atom. The summed E-state index contributed by atoms with van der Waals surface area (Å²) in [6.45, 7) is 5.55. The number of ether oxygens (including phenoxy) is 1. The Morgan fingerprint density at radius 1 is 1.38 bits per heavy atom. The van der Waals surface area contributed by atoms with Crippen molar-refractivity contribution in [1.82, 2.24) is 0 Å². The van der Waals surface area contributed by atoms with Crippen molar-refractivity contribution >= 4 is 23.6 Å². The summed E-state index contributed by atoms with van der Waals surface area (Å²) in [5.41, 5.74) is 1.83. The SMILES string of the molecule is COC(C)(C)CC(=O)Nc1ccc(/C=C/C(=O)O)cc1C. The average Bonchev–Trinajstić information content (AvgIpc) is 2.38. The second kappa shape index (κ2) is 7.04. The van der Waals surface area contributed by atoms with Crippen LogP contribution in [0.25, 0.3) is 6.08 Å². The highest BCUT2D eigenvalue weighted by Gasteiger charge is 2.21. The molecule has 1 aromatic rings. The Balaban J connectivity index is 2.77. The van der Waals surface area contributed by atoms with E-state index in [0.29, 0.717) is 5.69 Å². The molecule has 0 aliphatic carbocycles. The van der Waals surface area contributed by atoms with Crippen molar-refractivity contribution in [1.29, 1.82) is 0 Å². The van der Waals surface area contributed by atoms with E-state index in [0.717, 1.165) is 17.2 Å². The zero-order valence-corrected chi connectivity index (χ0v) is 12.8. The van der Waals surface area contributed by atoms with Gasteiger partial charge in [0.05, 0.1) is 12.0 Å². The molecule has 0 aromatic heterocycles. The van der Waals surface area contributed by atoms with Crippen molar-refractivity contribution in [3.63, 3.8) is 0 Å². The molecule has 0 aliphatic rings. The largest absolute Gasteiger partial charge is 0.478 e. The summed E-state index contributed by atoms with van der Waals surface area (Å²) in [6.07, 6.45) is 2.84. The smallest absolute Gasteiger partial charge is 0.328 e. The summed E-state index contributed by atoms with van der Waals surface area (Å²) < 4.78 is 5.22. The number of amides is 1. The van der Waals surface area contributed by atoms with Crippen LogP contribution in [0.2, 0.25) is 0 Å². The third-order valence-electron chi connectivity index (χ3n) is 3.08. The average molecular weight is 291 g/mol. The number of methoxy groups -OCH3 is 1. The Labute approximate surface area is 124 Å². The predicted molar refractivity (Wildman–Crippen MR) is 82.2 cm³/mol. The minimum Gasteiger partial charge on any atom is -0.478 e. The van der Waals surface area contributed by atoms with Crippen molar-refractivity contribution < 1.29 is 19.4 Å². The minimum absolute atomic E-state index is 0.126. The van der Waals surface area contributed by atoms with E-state index in [-0.39, 0.29) is 12.3 Å². The summed E-state index contributed by atoms with van der Waals surface area (Å²) in [7, 11) is 1.57. The number of carbonyl (C=O) groups excluding carboxylic acids is 1. The third-order valence-corrected chi connectivity index (χ3v) is 3.08. The zero-order chi connectivity index (χ0) is 16.0. The Bertz CT molecular complexity index is 561. The van der Waals surface area contributed by atoms with Gasteiger partial charge in [-0.15, -0.1) is 0 Å². The lowest BCUT2D eigenvalue weighted by atomic mass is 10.0. The van der Waals surface area contributed by atoms with Gasteiger partial charge in [-0.05, 0) is 50.1 Å². The number of carbonyl (C=O) groups is 2. The number of aryl methyl sites for hydroxylation is 1. The van der Waals surface area contributed by atoms with Gasteiger partial charge in [-0.3, -0.25) is 4.79 Å². The third kappa shape index (κ3) is 5.79. The van der Waals surface area contributed by atoms with Gasteiger partial charge in [0.15, 0.2) is 0 Å². The molecular formula is C16H21NO4. The van der Waals surface area contributed by atoms with Gasteiger partial charge in [-0.2, -0.15) is 0 Å². The topological polar surface area (TPSA) is 75.6 Å². The van der Waals surface area contributed by atoms with E-state index in [1.165, 1.54) is 6.08 Å². The molecule has 0 spiro atoms. The molecule has 2 N–H and O–H groups in total. The van der Waals surface area contributed by atoms with Gasteiger partial charge in [0.1, 0.15) is 0 Å². The highest BCUT2D eigenvalue weighted by Crippen LogP contribution is 2.19. The van der Waals surface area contributed by atoms with E-state index in [1.54, 1.807) is 19.2 Å². The van der Waals surface area contributed by atoms with Crippen LogP contribution in [0.15, 0.2) is 24.3 Å². The van der Waals surface area contributed by atoms with E-state index >= 15 is 0 Å². The van der Waals surface area contributed by atoms with Crippen LogP contribution in [0.5, 0.6) is 0 Å². The van der Waals surface area contributed by atoms with E-state index in [9.17, 15) is 9.59 Å². The summed E-state index contributed by atoms with van der Waals surface area (Å²) >= 11 is 0. The number of aliphatic carboxylic acids is 1.